The van der Waals surface area contributed by atoms with Crippen molar-refractivity contribution in [3.63, 3.8) is 0 Å². The predicted molar refractivity (Wildman–Crippen MR) is 28.2 cm³/mol. The van der Waals surface area contributed by atoms with Gasteiger partial charge in [-0.3, -0.25) is 0 Å². The summed E-state index contributed by atoms with van der Waals surface area (Å²) in [5.74, 6) is -6.31. The van der Waals surface area contributed by atoms with Crippen molar-refractivity contribution in [1.29, 1.82) is 0 Å². The van der Waals surface area contributed by atoms with Gasteiger partial charge in [-0.05, 0) is 6.92 Å². The average molecular weight is 154 g/mol. The fraction of sp³-hybridized carbons (Fsp3) is 1.00. The average Bonchev–Trinajstić information content (AvgIpc) is 1.62. The topological polar surface area (TPSA) is 121 Å². The van der Waals surface area contributed by atoms with E-state index in [1.165, 1.54) is 0 Å². The van der Waals surface area contributed by atoms with E-state index in [2.05, 4.69) is 0 Å². The van der Waals surface area contributed by atoms with Gasteiger partial charge in [-0.2, -0.15) is 0 Å². The predicted octanol–water partition coefficient (Wildman–Crippen LogP) is -3.32. The largest absolute Gasteiger partial charge is 0.364 e. The molecule has 0 aromatic rings. The molecule has 10 heavy (non-hydrogen) atoms. The monoisotopic (exact) mass is 154 g/mol. The number of aliphatic hydroxyl groups excluding tert-OH is 1. The van der Waals surface area contributed by atoms with E-state index < -0.39 is 17.9 Å². The lowest BCUT2D eigenvalue weighted by molar-refractivity contribution is -0.406. The highest BCUT2D eigenvalue weighted by Crippen LogP contribution is 2.18. The fourth-order valence-electron chi connectivity index (χ4n) is 0.245. The smallest absolute Gasteiger partial charge is 0.270 e. The molecular weight excluding hydrogens is 144 g/mol. The molecule has 0 aromatic carbocycles. The minimum Gasteiger partial charge on any atom is -0.364 e. The van der Waals surface area contributed by atoms with Gasteiger partial charge in [-0.15, -0.1) is 0 Å². The number of aliphatic hydroxyl groups is 6. The van der Waals surface area contributed by atoms with Gasteiger partial charge < -0.3 is 30.6 Å². The van der Waals surface area contributed by atoms with Crippen LogP contribution in [-0.4, -0.2) is 48.5 Å². The Morgan fingerprint density at radius 1 is 1.00 bits per heavy atom. The van der Waals surface area contributed by atoms with Crippen LogP contribution in [0.4, 0.5) is 0 Å². The highest BCUT2D eigenvalue weighted by molar-refractivity contribution is 4.79. The third-order valence-electron chi connectivity index (χ3n) is 1.06. The molecule has 0 spiro atoms. The number of hydrogen-bond acceptors (Lipinski definition) is 6. The van der Waals surface area contributed by atoms with Crippen molar-refractivity contribution in [2.75, 3.05) is 0 Å². The van der Waals surface area contributed by atoms with Crippen LogP contribution in [0.3, 0.4) is 0 Å². The van der Waals surface area contributed by atoms with E-state index in [9.17, 15) is 0 Å². The summed E-state index contributed by atoms with van der Waals surface area (Å²) >= 11 is 0. The molecule has 6 heteroatoms. The Labute approximate surface area is 56.6 Å². The van der Waals surface area contributed by atoms with Crippen molar-refractivity contribution in [2.24, 2.45) is 0 Å². The molecule has 0 aromatic heterocycles. The summed E-state index contributed by atoms with van der Waals surface area (Å²) in [6, 6.07) is 0. The highest BCUT2D eigenvalue weighted by atomic mass is 16.6. The zero-order valence-corrected chi connectivity index (χ0v) is 5.26. The minimum atomic E-state index is -3.34. The molecular formula is C4H10O6. The van der Waals surface area contributed by atoms with Gasteiger partial charge in [0.1, 0.15) is 0 Å². The van der Waals surface area contributed by atoms with Gasteiger partial charge in [-0.1, -0.05) is 0 Å². The quantitative estimate of drug-likeness (QED) is 0.231. The Morgan fingerprint density at radius 3 is 1.30 bits per heavy atom. The Morgan fingerprint density at radius 2 is 1.30 bits per heavy atom. The van der Waals surface area contributed by atoms with Crippen LogP contribution in [0.25, 0.3) is 0 Å². The lowest BCUT2D eigenvalue weighted by Gasteiger charge is -2.32. The van der Waals surface area contributed by atoms with E-state index in [4.69, 9.17) is 30.6 Å². The Hall–Kier alpha value is -0.240. The van der Waals surface area contributed by atoms with Crippen molar-refractivity contribution in [3.05, 3.63) is 0 Å². The molecule has 6 nitrogen and oxygen atoms in total. The van der Waals surface area contributed by atoms with Gasteiger partial charge in [0.2, 0.25) is 12.1 Å². The molecule has 0 rings (SSSR count). The Balaban J connectivity index is 4.40. The standard InChI is InChI=1S/C4H10O6/c1-3(7,8)4(9,10)2(5)6/h2,5-10H,1H3. The first-order valence-corrected chi connectivity index (χ1v) is 2.45. The van der Waals surface area contributed by atoms with Gasteiger partial charge in [0.05, 0.1) is 0 Å². The van der Waals surface area contributed by atoms with Crippen molar-refractivity contribution in [2.45, 2.75) is 24.8 Å². The SMILES string of the molecule is CC(O)(O)C(O)(O)C(O)O. The summed E-state index contributed by atoms with van der Waals surface area (Å²) in [7, 11) is 0. The maximum absolute atomic E-state index is 8.48. The molecule has 0 aliphatic carbocycles. The maximum atomic E-state index is 8.48. The summed E-state index contributed by atoms with van der Waals surface area (Å²) in [5.41, 5.74) is 0. The zero-order chi connectivity index (χ0) is 8.58. The van der Waals surface area contributed by atoms with Crippen LogP contribution in [0.5, 0.6) is 0 Å². The van der Waals surface area contributed by atoms with Gasteiger partial charge >= 0.3 is 0 Å². The van der Waals surface area contributed by atoms with Crippen LogP contribution in [-0.2, 0) is 0 Å². The number of rotatable bonds is 2. The van der Waals surface area contributed by atoms with E-state index >= 15 is 0 Å². The van der Waals surface area contributed by atoms with Crippen LogP contribution >= 0.6 is 0 Å². The minimum absolute atomic E-state index is 0.604. The molecule has 0 aliphatic heterocycles. The molecule has 0 aliphatic rings. The molecule has 0 radical (unpaired) electrons. The molecule has 0 unspecified atom stereocenters. The van der Waals surface area contributed by atoms with Crippen LogP contribution in [0, 0.1) is 0 Å². The normalized spacial score (nSPS) is 14.4. The molecule has 0 heterocycles. The van der Waals surface area contributed by atoms with E-state index in [-0.39, 0.29) is 0 Å². The first-order valence-electron chi connectivity index (χ1n) is 2.45. The lowest BCUT2D eigenvalue weighted by Crippen LogP contribution is -2.59. The Bertz CT molecular complexity index is 111. The molecule has 0 fully saturated rings. The molecule has 0 atom stereocenters. The first-order chi connectivity index (χ1) is 4.19. The fourth-order valence-corrected chi connectivity index (χ4v) is 0.245. The third-order valence-corrected chi connectivity index (χ3v) is 1.06. The van der Waals surface area contributed by atoms with Gasteiger partial charge in [0, 0.05) is 0 Å². The van der Waals surface area contributed by atoms with Crippen molar-refractivity contribution in [3.8, 4) is 0 Å². The summed E-state index contributed by atoms with van der Waals surface area (Å²) < 4.78 is 0. The summed E-state index contributed by atoms with van der Waals surface area (Å²) in [5, 5.41) is 50.2. The summed E-state index contributed by atoms with van der Waals surface area (Å²) in [4.78, 5) is 0. The summed E-state index contributed by atoms with van der Waals surface area (Å²) in [6.07, 6.45) is -2.63. The molecule has 62 valence electrons. The van der Waals surface area contributed by atoms with E-state index in [0.717, 1.165) is 0 Å². The lowest BCUT2D eigenvalue weighted by atomic mass is 10.1. The van der Waals surface area contributed by atoms with Crippen molar-refractivity contribution >= 4 is 0 Å². The second-order valence-electron chi connectivity index (χ2n) is 2.12. The third kappa shape index (κ3) is 1.63. The van der Waals surface area contributed by atoms with Crippen molar-refractivity contribution in [1.82, 2.24) is 0 Å². The van der Waals surface area contributed by atoms with Crippen LogP contribution in [0.15, 0.2) is 0 Å². The van der Waals surface area contributed by atoms with E-state index in [0.29, 0.717) is 6.92 Å². The molecule has 0 saturated carbocycles. The van der Waals surface area contributed by atoms with Crippen LogP contribution in [0.2, 0.25) is 0 Å². The highest BCUT2D eigenvalue weighted by Gasteiger charge is 2.48. The van der Waals surface area contributed by atoms with E-state index in [1.807, 2.05) is 0 Å². The summed E-state index contributed by atoms with van der Waals surface area (Å²) in [6.45, 7) is 0.604. The Kier molecular flexibility index (Phi) is 2.36. The first kappa shape index (κ1) is 9.76. The van der Waals surface area contributed by atoms with Gasteiger partial charge in [0.25, 0.3) is 5.79 Å². The van der Waals surface area contributed by atoms with E-state index in [1.54, 1.807) is 0 Å². The second kappa shape index (κ2) is 2.42. The zero-order valence-electron chi connectivity index (χ0n) is 5.26. The van der Waals surface area contributed by atoms with Gasteiger partial charge in [0.15, 0.2) is 0 Å². The number of hydrogen-bond donors (Lipinski definition) is 6. The van der Waals surface area contributed by atoms with Crippen molar-refractivity contribution < 1.29 is 30.6 Å². The molecule has 0 saturated heterocycles. The second-order valence-corrected chi connectivity index (χ2v) is 2.12. The van der Waals surface area contributed by atoms with Gasteiger partial charge in [-0.25, -0.2) is 0 Å². The van der Waals surface area contributed by atoms with Crippen LogP contribution < -0.4 is 0 Å². The molecule has 0 amide bonds. The molecule has 6 N–H and O–H groups in total. The maximum Gasteiger partial charge on any atom is 0.270 e. The van der Waals surface area contributed by atoms with Crippen LogP contribution in [0.1, 0.15) is 6.92 Å². The molecule has 0 bridgehead atoms.